The molecule has 4 rings (SSSR count). The molecule has 1 atom stereocenters. The summed E-state index contributed by atoms with van der Waals surface area (Å²) in [5.41, 5.74) is 4.03. The summed E-state index contributed by atoms with van der Waals surface area (Å²) in [6.07, 6.45) is 0.232. The van der Waals surface area contributed by atoms with E-state index in [9.17, 15) is 9.59 Å². The molecule has 1 aliphatic heterocycles. The summed E-state index contributed by atoms with van der Waals surface area (Å²) >= 11 is 0. The average molecular weight is 384 g/mol. The van der Waals surface area contributed by atoms with Crippen LogP contribution in [0.3, 0.4) is 0 Å². The zero-order chi connectivity index (χ0) is 20.2. The summed E-state index contributed by atoms with van der Waals surface area (Å²) in [5, 5.41) is 3.18. The number of benzene rings is 3. The van der Waals surface area contributed by atoms with Crippen molar-refractivity contribution < 1.29 is 9.59 Å². The van der Waals surface area contributed by atoms with Crippen molar-refractivity contribution in [2.45, 2.75) is 19.4 Å². The highest BCUT2D eigenvalue weighted by Crippen LogP contribution is 2.27. The number of nitrogens with zero attached hydrogens (tertiary/aromatic N) is 1. The van der Waals surface area contributed by atoms with Crippen LogP contribution in [0.25, 0.3) is 0 Å². The molecule has 0 bridgehead atoms. The van der Waals surface area contributed by atoms with Gasteiger partial charge in [-0.1, -0.05) is 78.4 Å². The van der Waals surface area contributed by atoms with Gasteiger partial charge in [-0.25, -0.2) is 0 Å². The number of anilines is 1. The van der Waals surface area contributed by atoms with Crippen molar-refractivity contribution in [3.8, 4) is 0 Å². The molecule has 1 unspecified atom stereocenters. The third-order valence-electron chi connectivity index (χ3n) is 5.39. The van der Waals surface area contributed by atoms with Gasteiger partial charge in [0, 0.05) is 18.7 Å². The number of carbonyl (C=O) groups is 2. The zero-order valence-corrected chi connectivity index (χ0v) is 16.4. The van der Waals surface area contributed by atoms with Crippen LogP contribution < -0.4 is 10.2 Å². The van der Waals surface area contributed by atoms with Crippen molar-refractivity contribution in [2.75, 3.05) is 11.4 Å². The number of nitrogens with one attached hydrogen (secondary N) is 1. The Balaban J connectivity index is 1.52. The normalized spacial score (nSPS) is 16.3. The fourth-order valence-corrected chi connectivity index (χ4v) is 3.77. The summed E-state index contributed by atoms with van der Waals surface area (Å²) in [6, 6.07) is 27.4. The molecular formula is C25H24N2O2. The van der Waals surface area contributed by atoms with Crippen molar-refractivity contribution in [2.24, 2.45) is 5.92 Å². The first-order chi connectivity index (χ1) is 14.1. The fourth-order valence-electron chi connectivity index (χ4n) is 3.77. The van der Waals surface area contributed by atoms with Crippen LogP contribution >= 0.6 is 0 Å². The molecule has 3 aromatic carbocycles. The predicted molar refractivity (Wildman–Crippen MR) is 115 cm³/mol. The molecule has 1 fully saturated rings. The van der Waals surface area contributed by atoms with Gasteiger partial charge in [-0.05, 0) is 30.2 Å². The standard InChI is InChI=1S/C25H24N2O2/c1-18-12-14-22(15-13-18)27-17-21(16-23(27)28)25(29)26-24(19-8-4-2-5-9-19)20-10-6-3-7-11-20/h2-15,21,24H,16-17H2,1H3,(H,26,29). The van der Waals surface area contributed by atoms with E-state index < -0.39 is 0 Å². The molecule has 1 aliphatic rings. The van der Waals surface area contributed by atoms with Crippen LogP contribution in [-0.4, -0.2) is 18.4 Å². The van der Waals surface area contributed by atoms with Gasteiger partial charge in [0.15, 0.2) is 0 Å². The summed E-state index contributed by atoms with van der Waals surface area (Å²) < 4.78 is 0. The Labute approximate surface area is 171 Å². The molecule has 0 radical (unpaired) electrons. The van der Waals surface area contributed by atoms with Gasteiger partial charge in [-0.3, -0.25) is 9.59 Å². The number of rotatable bonds is 5. The molecule has 1 N–H and O–H groups in total. The van der Waals surface area contributed by atoms with Crippen molar-refractivity contribution in [3.05, 3.63) is 102 Å². The summed E-state index contributed by atoms with van der Waals surface area (Å²) in [7, 11) is 0. The molecule has 1 saturated heterocycles. The monoisotopic (exact) mass is 384 g/mol. The third kappa shape index (κ3) is 4.21. The van der Waals surface area contributed by atoms with E-state index in [1.807, 2.05) is 91.9 Å². The van der Waals surface area contributed by atoms with E-state index >= 15 is 0 Å². The number of hydrogen-bond donors (Lipinski definition) is 1. The predicted octanol–water partition coefficient (Wildman–Crippen LogP) is 4.25. The topological polar surface area (TPSA) is 49.4 Å². The molecule has 0 saturated carbocycles. The van der Waals surface area contributed by atoms with E-state index in [4.69, 9.17) is 0 Å². The molecule has 0 aliphatic carbocycles. The minimum atomic E-state index is -0.362. The van der Waals surface area contributed by atoms with Gasteiger partial charge < -0.3 is 10.2 Å². The van der Waals surface area contributed by atoms with Gasteiger partial charge in [-0.2, -0.15) is 0 Å². The number of amides is 2. The second-order valence-corrected chi connectivity index (χ2v) is 7.50. The third-order valence-corrected chi connectivity index (χ3v) is 5.39. The van der Waals surface area contributed by atoms with E-state index in [1.165, 1.54) is 0 Å². The molecular weight excluding hydrogens is 360 g/mol. The highest BCUT2D eigenvalue weighted by Gasteiger charge is 2.36. The zero-order valence-electron chi connectivity index (χ0n) is 16.4. The molecule has 4 nitrogen and oxygen atoms in total. The maximum absolute atomic E-state index is 13.1. The van der Waals surface area contributed by atoms with Crippen LogP contribution in [0.4, 0.5) is 5.69 Å². The van der Waals surface area contributed by atoms with Gasteiger partial charge in [-0.15, -0.1) is 0 Å². The molecule has 0 spiro atoms. The van der Waals surface area contributed by atoms with E-state index in [0.29, 0.717) is 6.54 Å². The quantitative estimate of drug-likeness (QED) is 0.715. The Morgan fingerprint density at radius 2 is 1.45 bits per heavy atom. The van der Waals surface area contributed by atoms with Gasteiger partial charge >= 0.3 is 0 Å². The maximum Gasteiger partial charge on any atom is 0.227 e. The first-order valence-corrected chi connectivity index (χ1v) is 9.89. The Morgan fingerprint density at radius 1 is 0.897 bits per heavy atom. The van der Waals surface area contributed by atoms with Crippen LogP contribution in [0, 0.1) is 12.8 Å². The number of carbonyl (C=O) groups excluding carboxylic acids is 2. The Hall–Kier alpha value is -3.40. The lowest BCUT2D eigenvalue weighted by molar-refractivity contribution is -0.126. The molecule has 146 valence electrons. The van der Waals surface area contributed by atoms with Crippen LogP contribution in [-0.2, 0) is 9.59 Å². The minimum Gasteiger partial charge on any atom is -0.345 e. The SMILES string of the molecule is Cc1ccc(N2CC(C(=O)NC(c3ccccc3)c3ccccc3)CC2=O)cc1. The van der Waals surface area contributed by atoms with Gasteiger partial charge in [0.2, 0.25) is 11.8 Å². The van der Waals surface area contributed by atoms with Crippen molar-refractivity contribution in [3.63, 3.8) is 0 Å². The van der Waals surface area contributed by atoms with Crippen molar-refractivity contribution in [1.29, 1.82) is 0 Å². The Kier molecular flexibility index (Phi) is 5.43. The highest BCUT2D eigenvalue weighted by molar-refractivity contribution is 6.00. The van der Waals surface area contributed by atoms with Crippen LogP contribution in [0.15, 0.2) is 84.9 Å². The Bertz CT molecular complexity index is 945. The molecule has 29 heavy (non-hydrogen) atoms. The minimum absolute atomic E-state index is 0.00928. The lowest BCUT2D eigenvalue weighted by Gasteiger charge is -2.22. The lowest BCUT2D eigenvalue weighted by atomic mass is 9.97. The highest BCUT2D eigenvalue weighted by atomic mass is 16.2. The second-order valence-electron chi connectivity index (χ2n) is 7.50. The van der Waals surface area contributed by atoms with E-state index in [0.717, 1.165) is 22.4 Å². The fraction of sp³-hybridized carbons (Fsp3) is 0.200. The van der Waals surface area contributed by atoms with Crippen LogP contribution in [0.5, 0.6) is 0 Å². The number of aryl methyl sites for hydroxylation is 1. The maximum atomic E-state index is 13.1. The first-order valence-electron chi connectivity index (χ1n) is 9.89. The summed E-state index contributed by atoms with van der Waals surface area (Å²) in [5.74, 6) is -0.464. The van der Waals surface area contributed by atoms with E-state index in [-0.39, 0.29) is 30.2 Å². The van der Waals surface area contributed by atoms with Crippen molar-refractivity contribution >= 4 is 17.5 Å². The van der Waals surface area contributed by atoms with Crippen LogP contribution in [0.2, 0.25) is 0 Å². The largest absolute Gasteiger partial charge is 0.345 e. The van der Waals surface area contributed by atoms with Crippen molar-refractivity contribution in [1.82, 2.24) is 5.32 Å². The van der Waals surface area contributed by atoms with Gasteiger partial charge in [0.1, 0.15) is 0 Å². The first kappa shape index (κ1) is 18.9. The molecule has 4 heteroatoms. The van der Waals surface area contributed by atoms with E-state index in [2.05, 4.69) is 5.32 Å². The Morgan fingerprint density at radius 3 is 2.00 bits per heavy atom. The summed E-state index contributed by atoms with van der Waals surface area (Å²) in [6.45, 7) is 2.42. The lowest BCUT2D eigenvalue weighted by Crippen LogP contribution is -2.36. The van der Waals surface area contributed by atoms with Gasteiger partial charge in [0.05, 0.1) is 12.0 Å². The molecule has 1 heterocycles. The van der Waals surface area contributed by atoms with Gasteiger partial charge in [0.25, 0.3) is 0 Å². The molecule has 0 aromatic heterocycles. The smallest absolute Gasteiger partial charge is 0.227 e. The molecule has 2 amide bonds. The number of hydrogen-bond acceptors (Lipinski definition) is 2. The van der Waals surface area contributed by atoms with Crippen LogP contribution in [0.1, 0.15) is 29.2 Å². The summed E-state index contributed by atoms with van der Waals surface area (Å²) in [4.78, 5) is 27.3. The second kappa shape index (κ2) is 8.31. The molecule has 3 aromatic rings. The average Bonchev–Trinajstić information content (AvgIpc) is 3.15. The van der Waals surface area contributed by atoms with E-state index in [1.54, 1.807) is 4.90 Å².